The van der Waals surface area contributed by atoms with Crippen LogP contribution in [0.25, 0.3) is 0 Å². The summed E-state index contributed by atoms with van der Waals surface area (Å²) in [5.41, 5.74) is 1.97. The van der Waals surface area contributed by atoms with Gasteiger partial charge in [-0.15, -0.1) is 0 Å². The highest BCUT2D eigenvalue weighted by atomic mass is 19.3. The molecule has 26 heavy (non-hydrogen) atoms. The maximum Gasteiger partial charge on any atom is 0.374 e. The van der Waals surface area contributed by atoms with Gasteiger partial charge in [-0.3, -0.25) is 0 Å². The molecule has 1 rings (SSSR count). The molecular weight excluding hydrogens is 336 g/mol. The maximum absolute atomic E-state index is 12.9. The Hall–Kier alpha value is -1.96. The van der Waals surface area contributed by atoms with Gasteiger partial charge in [-0.25, -0.2) is 4.79 Å². The summed E-state index contributed by atoms with van der Waals surface area (Å²) in [6, 6.07) is 9.88. The fourth-order valence-electron chi connectivity index (χ4n) is 2.94. The molecule has 0 heterocycles. The average molecular weight is 365 g/mol. The van der Waals surface area contributed by atoms with Gasteiger partial charge in [-0.2, -0.15) is 14.0 Å². The van der Waals surface area contributed by atoms with Crippen molar-refractivity contribution in [3.63, 3.8) is 0 Å². The highest BCUT2D eigenvalue weighted by molar-refractivity contribution is 5.75. The van der Waals surface area contributed by atoms with Crippen LogP contribution in [-0.2, 0) is 11.2 Å². The van der Waals surface area contributed by atoms with E-state index >= 15 is 0 Å². The number of aryl methyl sites for hydroxylation is 1. The Morgan fingerprint density at radius 2 is 1.35 bits per heavy atom. The van der Waals surface area contributed by atoms with E-state index in [1.165, 1.54) is 31.2 Å². The molecule has 1 N–H and O–H groups in total. The summed E-state index contributed by atoms with van der Waals surface area (Å²) in [4.78, 5) is 10.3. The van der Waals surface area contributed by atoms with E-state index in [0.29, 0.717) is 12.0 Å². The van der Waals surface area contributed by atoms with Gasteiger partial charge in [-0.05, 0) is 37.0 Å². The lowest BCUT2D eigenvalue weighted by Gasteiger charge is -2.10. The van der Waals surface area contributed by atoms with E-state index in [9.17, 15) is 13.6 Å². The first-order chi connectivity index (χ1) is 12.5. The van der Waals surface area contributed by atoms with Crippen molar-refractivity contribution in [2.45, 2.75) is 83.0 Å². The summed E-state index contributed by atoms with van der Waals surface area (Å²) in [7, 11) is 0. The molecule has 0 radical (unpaired) electrons. The normalized spacial score (nSPS) is 11.3. The molecule has 0 aliphatic carbocycles. The molecule has 0 unspecified atom stereocenters. The zero-order chi connectivity index (χ0) is 19.3. The molecule has 0 aliphatic rings. The first-order valence-corrected chi connectivity index (χ1v) is 9.56. The first kappa shape index (κ1) is 22.1. The fourth-order valence-corrected chi connectivity index (χ4v) is 2.94. The van der Waals surface area contributed by atoms with Gasteiger partial charge in [0.15, 0.2) is 0 Å². The number of unbranched alkanes of at least 4 members (excludes halogenated alkanes) is 9. The molecule has 0 atom stereocenters. The standard InChI is InChI=1S/C21H29F2NO2/c22-21(23,20(25)26)16-10-8-6-4-2-1-3-5-7-9-11-18-12-14-19(17-24)15-13-18/h12-15H,1-11,16H2,(H,25,26). The number of benzene rings is 1. The third-order valence-corrected chi connectivity index (χ3v) is 4.60. The van der Waals surface area contributed by atoms with Crippen LogP contribution in [0, 0.1) is 11.3 Å². The molecule has 0 amide bonds. The molecule has 0 bridgehead atoms. The second kappa shape index (κ2) is 12.4. The van der Waals surface area contributed by atoms with Crippen molar-refractivity contribution in [3.8, 4) is 6.07 Å². The number of halogens is 2. The Kier molecular flexibility index (Phi) is 10.5. The zero-order valence-corrected chi connectivity index (χ0v) is 15.4. The number of carboxylic acids is 1. The largest absolute Gasteiger partial charge is 0.477 e. The van der Waals surface area contributed by atoms with E-state index in [-0.39, 0.29) is 6.42 Å². The molecule has 5 heteroatoms. The summed E-state index contributed by atoms with van der Waals surface area (Å²) >= 11 is 0. The molecule has 3 nitrogen and oxygen atoms in total. The third-order valence-electron chi connectivity index (χ3n) is 4.60. The van der Waals surface area contributed by atoms with Crippen molar-refractivity contribution in [2.24, 2.45) is 0 Å². The van der Waals surface area contributed by atoms with Crippen molar-refractivity contribution in [3.05, 3.63) is 35.4 Å². The van der Waals surface area contributed by atoms with Gasteiger partial charge in [0.05, 0.1) is 11.6 Å². The molecule has 0 saturated carbocycles. The van der Waals surface area contributed by atoms with Gasteiger partial charge < -0.3 is 5.11 Å². The van der Waals surface area contributed by atoms with Crippen LogP contribution in [0.4, 0.5) is 8.78 Å². The van der Waals surface area contributed by atoms with E-state index in [4.69, 9.17) is 10.4 Å². The van der Waals surface area contributed by atoms with E-state index < -0.39 is 18.3 Å². The number of hydrogen-bond acceptors (Lipinski definition) is 2. The van der Waals surface area contributed by atoms with Gasteiger partial charge in [0.2, 0.25) is 0 Å². The van der Waals surface area contributed by atoms with Gasteiger partial charge in [-0.1, -0.05) is 63.5 Å². The monoisotopic (exact) mass is 365 g/mol. The van der Waals surface area contributed by atoms with Crippen LogP contribution in [0.5, 0.6) is 0 Å². The molecular formula is C21H29F2NO2. The van der Waals surface area contributed by atoms with Gasteiger partial charge >= 0.3 is 11.9 Å². The van der Waals surface area contributed by atoms with Gasteiger partial charge in [0.25, 0.3) is 0 Å². The maximum atomic E-state index is 12.9. The number of aliphatic carboxylic acids is 1. The summed E-state index contributed by atoms with van der Waals surface area (Å²) in [6.45, 7) is 0. The third kappa shape index (κ3) is 9.50. The highest BCUT2D eigenvalue weighted by Gasteiger charge is 2.37. The molecule has 0 aromatic heterocycles. The van der Waals surface area contributed by atoms with Crippen LogP contribution in [0.2, 0.25) is 0 Å². The summed E-state index contributed by atoms with van der Waals surface area (Å²) in [5, 5.41) is 17.1. The second-order valence-electron chi connectivity index (χ2n) is 6.85. The second-order valence-corrected chi connectivity index (χ2v) is 6.85. The SMILES string of the molecule is N#Cc1ccc(CCCCCCCCCCCCC(F)(F)C(=O)O)cc1. The Labute approximate surface area is 155 Å². The Morgan fingerprint density at radius 3 is 1.81 bits per heavy atom. The summed E-state index contributed by atoms with van der Waals surface area (Å²) in [5.74, 6) is -5.59. The number of nitrogens with zero attached hydrogens (tertiary/aromatic N) is 1. The number of carbonyl (C=O) groups is 1. The van der Waals surface area contributed by atoms with E-state index in [1.807, 2.05) is 24.3 Å². The molecule has 144 valence electrons. The average Bonchev–Trinajstić information content (AvgIpc) is 2.63. The fraction of sp³-hybridized carbons (Fsp3) is 0.619. The number of carboxylic acid groups (broad SMARTS) is 1. The lowest BCUT2D eigenvalue weighted by Crippen LogP contribution is -2.27. The quantitative estimate of drug-likeness (QED) is 0.404. The Bertz CT molecular complexity index is 564. The van der Waals surface area contributed by atoms with Crippen LogP contribution >= 0.6 is 0 Å². The van der Waals surface area contributed by atoms with Crippen molar-refractivity contribution in [2.75, 3.05) is 0 Å². The smallest absolute Gasteiger partial charge is 0.374 e. The Morgan fingerprint density at radius 1 is 0.885 bits per heavy atom. The highest BCUT2D eigenvalue weighted by Crippen LogP contribution is 2.22. The van der Waals surface area contributed by atoms with Crippen molar-refractivity contribution < 1.29 is 18.7 Å². The van der Waals surface area contributed by atoms with Crippen molar-refractivity contribution in [1.82, 2.24) is 0 Å². The van der Waals surface area contributed by atoms with Crippen LogP contribution in [0.15, 0.2) is 24.3 Å². The minimum Gasteiger partial charge on any atom is -0.477 e. The van der Waals surface area contributed by atoms with Gasteiger partial charge in [0, 0.05) is 6.42 Å². The first-order valence-electron chi connectivity index (χ1n) is 9.56. The number of alkyl halides is 2. The molecule has 1 aromatic rings. The predicted molar refractivity (Wildman–Crippen MR) is 98.2 cm³/mol. The van der Waals surface area contributed by atoms with Crippen molar-refractivity contribution in [1.29, 1.82) is 5.26 Å². The minimum absolute atomic E-state index is 0.272. The van der Waals surface area contributed by atoms with E-state index in [0.717, 1.165) is 32.1 Å². The summed E-state index contributed by atoms with van der Waals surface area (Å²) in [6.07, 6.45) is 10.4. The molecule has 0 saturated heterocycles. The molecule has 0 spiro atoms. The molecule has 1 aromatic carbocycles. The Balaban J connectivity index is 1.89. The van der Waals surface area contributed by atoms with Crippen molar-refractivity contribution >= 4 is 5.97 Å². The van der Waals surface area contributed by atoms with Crippen LogP contribution in [0.1, 0.15) is 81.8 Å². The molecule has 0 aliphatic heterocycles. The lowest BCUT2D eigenvalue weighted by atomic mass is 10.0. The number of hydrogen-bond donors (Lipinski definition) is 1. The topological polar surface area (TPSA) is 61.1 Å². The summed E-state index contributed by atoms with van der Waals surface area (Å²) < 4.78 is 25.7. The molecule has 0 fully saturated rings. The zero-order valence-electron chi connectivity index (χ0n) is 15.4. The van der Waals surface area contributed by atoms with Crippen LogP contribution in [0.3, 0.4) is 0 Å². The number of nitriles is 1. The van der Waals surface area contributed by atoms with E-state index in [2.05, 4.69) is 6.07 Å². The van der Waals surface area contributed by atoms with Crippen LogP contribution in [-0.4, -0.2) is 17.0 Å². The van der Waals surface area contributed by atoms with Gasteiger partial charge in [0.1, 0.15) is 0 Å². The van der Waals surface area contributed by atoms with E-state index in [1.54, 1.807) is 0 Å². The number of rotatable bonds is 14. The minimum atomic E-state index is -3.57. The predicted octanol–water partition coefficient (Wildman–Crippen LogP) is 6.11. The van der Waals surface area contributed by atoms with Crippen LogP contribution < -0.4 is 0 Å². The lowest BCUT2D eigenvalue weighted by molar-refractivity contribution is -0.165.